The van der Waals surface area contributed by atoms with Crippen LogP contribution in [0.15, 0.2) is 29.3 Å². The zero-order chi connectivity index (χ0) is 19.8. The Morgan fingerprint density at radius 1 is 1.21 bits per heavy atom. The zero-order valence-electron chi connectivity index (χ0n) is 17.4. The van der Waals surface area contributed by atoms with Crippen molar-refractivity contribution in [2.75, 3.05) is 40.4 Å². The summed E-state index contributed by atoms with van der Waals surface area (Å²) in [7, 11) is 3.49. The number of carbonyl (C=O) groups is 1. The van der Waals surface area contributed by atoms with Gasteiger partial charge in [0.25, 0.3) is 0 Å². The van der Waals surface area contributed by atoms with Crippen LogP contribution in [0.3, 0.4) is 0 Å². The maximum Gasteiger partial charge on any atom is 0.243 e. The maximum absolute atomic E-state index is 12.0. The molecule has 8 heteroatoms. The van der Waals surface area contributed by atoms with Gasteiger partial charge in [0.2, 0.25) is 5.91 Å². The van der Waals surface area contributed by atoms with Crippen molar-refractivity contribution in [3.8, 4) is 5.75 Å². The molecule has 0 aliphatic carbocycles. The third kappa shape index (κ3) is 7.33. The average molecular weight is 516 g/mol. The van der Waals surface area contributed by atoms with E-state index in [0.29, 0.717) is 18.7 Å². The van der Waals surface area contributed by atoms with Crippen LogP contribution in [0, 0.1) is 0 Å². The summed E-state index contributed by atoms with van der Waals surface area (Å²) in [5.74, 6) is 1.54. The van der Waals surface area contributed by atoms with Gasteiger partial charge in [-0.15, -0.1) is 24.0 Å². The van der Waals surface area contributed by atoms with Gasteiger partial charge in [-0.2, -0.15) is 0 Å². The van der Waals surface area contributed by atoms with Crippen LogP contribution in [0.2, 0.25) is 0 Å². The van der Waals surface area contributed by atoms with Crippen molar-refractivity contribution in [1.29, 1.82) is 0 Å². The highest BCUT2D eigenvalue weighted by Crippen LogP contribution is 2.31. The Hall–Kier alpha value is -1.55. The van der Waals surface area contributed by atoms with Gasteiger partial charge in [-0.1, -0.05) is 18.2 Å². The molecule has 1 aromatic carbocycles. The van der Waals surface area contributed by atoms with Gasteiger partial charge in [0, 0.05) is 39.2 Å². The van der Waals surface area contributed by atoms with Crippen molar-refractivity contribution in [3.05, 3.63) is 29.8 Å². The van der Waals surface area contributed by atoms with Gasteiger partial charge in [-0.3, -0.25) is 4.79 Å². The van der Waals surface area contributed by atoms with E-state index in [2.05, 4.69) is 21.7 Å². The Labute approximate surface area is 190 Å². The molecule has 1 saturated heterocycles. The molecule has 1 amide bonds. The molecule has 29 heavy (non-hydrogen) atoms. The van der Waals surface area contributed by atoms with E-state index in [4.69, 9.17) is 9.47 Å². The molecule has 0 saturated carbocycles. The van der Waals surface area contributed by atoms with E-state index in [9.17, 15) is 4.79 Å². The normalized spacial score (nSPS) is 21.2. The van der Waals surface area contributed by atoms with Crippen LogP contribution >= 0.6 is 24.0 Å². The molecular formula is C21H33IN4O3. The van der Waals surface area contributed by atoms with Crippen molar-refractivity contribution < 1.29 is 14.3 Å². The average Bonchev–Trinajstić information content (AvgIpc) is 2.72. The number of fused-ring (bicyclic) bond motifs is 1. The molecule has 0 aromatic heterocycles. The lowest BCUT2D eigenvalue weighted by molar-refractivity contribution is -0.127. The van der Waals surface area contributed by atoms with Crippen molar-refractivity contribution in [3.63, 3.8) is 0 Å². The van der Waals surface area contributed by atoms with Gasteiger partial charge in [0.1, 0.15) is 12.3 Å². The van der Waals surface area contributed by atoms with Gasteiger partial charge in [-0.25, -0.2) is 4.99 Å². The molecule has 7 nitrogen and oxygen atoms in total. The Morgan fingerprint density at radius 2 is 2.03 bits per heavy atom. The quantitative estimate of drug-likeness (QED) is 0.346. The van der Waals surface area contributed by atoms with E-state index in [1.807, 2.05) is 18.2 Å². The lowest BCUT2D eigenvalue weighted by atomic mass is 10.0. The standard InChI is InChI=1S/C21H32N4O3.HI/c1-25(2)20(26)15-23-21(22-12-10-16-7-5-6-13-27-16)24-18-11-14-28-19-9-4-3-8-17(18)19;/h3-4,8-9,16,18H,5-7,10-15H2,1-2H3,(H2,22,23,24);1H. The van der Waals surface area contributed by atoms with Crippen LogP contribution < -0.4 is 15.4 Å². The van der Waals surface area contributed by atoms with E-state index in [-0.39, 0.29) is 42.5 Å². The van der Waals surface area contributed by atoms with Crippen molar-refractivity contribution >= 4 is 35.8 Å². The fourth-order valence-electron chi connectivity index (χ4n) is 3.48. The molecule has 2 N–H and O–H groups in total. The monoisotopic (exact) mass is 516 g/mol. The number of halogens is 1. The van der Waals surface area contributed by atoms with E-state index in [1.165, 1.54) is 6.42 Å². The number of amides is 1. The lowest BCUT2D eigenvalue weighted by Crippen LogP contribution is -2.43. The Kier molecular flexibility index (Phi) is 9.99. The highest BCUT2D eigenvalue weighted by atomic mass is 127. The largest absolute Gasteiger partial charge is 0.493 e. The smallest absolute Gasteiger partial charge is 0.243 e. The summed E-state index contributed by atoms with van der Waals surface area (Å²) >= 11 is 0. The van der Waals surface area contributed by atoms with Crippen LogP contribution in [0.1, 0.15) is 43.7 Å². The first-order valence-electron chi connectivity index (χ1n) is 10.2. The summed E-state index contributed by atoms with van der Waals surface area (Å²) in [6, 6.07) is 8.17. The lowest BCUT2D eigenvalue weighted by Gasteiger charge is -2.28. The van der Waals surface area contributed by atoms with Crippen molar-refractivity contribution in [2.24, 2.45) is 4.99 Å². The molecule has 2 atom stereocenters. The van der Waals surface area contributed by atoms with Crippen LogP contribution in [-0.2, 0) is 9.53 Å². The van der Waals surface area contributed by atoms with Crippen LogP contribution in [-0.4, -0.2) is 63.3 Å². The van der Waals surface area contributed by atoms with E-state index >= 15 is 0 Å². The molecular weight excluding hydrogens is 483 g/mol. The van der Waals surface area contributed by atoms with Gasteiger partial charge in [0.05, 0.1) is 18.8 Å². The highest BCUT2D eigenvalue weighted by molar-refractivity contribution is 14.0. The third-order valence-electron chi connectivity index (χ3n) is 5.17. The maximum atomic E-state index is 12.0. The summed E-state index contributed by atoms with van der Waals surface area (Å²) in [4.78, 5) is 18.1. The van der Waals surface area contributed by atoms with Crippen LogP contribution in [0.25, 0.3) is 0 Å². The molecule has 0 radical (unpaired) electrons. The fraction of sp³-hybridized carbons (Fsp3) is 0.619. The molecule has 162 valence electrons. The van der Waals surface area contributed by atoms with E-state index in [0.717, 1.165) is 50.1 Å². The number of para-hydroxylation sites is 1. The summed E-state index contributed by atoms with van der Waals surface area (Å²) in [6.45, 7) is 2.40. The number of carbonyl (C=O) groups excluding carboxylic acids is 1. The summed E-state index contributed by atoms with van der Waals surface area (Å²) < 4.78 is 11.6. The number of nitrogens with zero attached hydrogens (tertiary/aromatic N) is 2. The predicted octanol–water partition coefficient (Wildman–Crippen LogP) is 2.71. The van der Waals surface area contributed by atoms with Gasteiger partial charge in [-0.05, 0) is 31.7 Å². The van der Waals surface area contributed by atoms with E-state index in [1.54, 1.807) is 19.0 Å². The molecule has 3 rings (SSSR count). The number of ether oxygens (including phenoxy) is 2. The number of likely N-dealkylation sites (N-methyl/N-ethyl adjacent to an activating group) is 1. The topological polar surface area (TPSA) is 75.2 Å². The fourth-order valence-corrected chi connectivity index (χ4v) is 3.48. The van der Waals surface area contributed by atoms with E-state index < -0.39 is 0 Å². The second kappa shape index (κ2) is 12.2. The number of hydrogen-bond donors (Lipinski definition) is 2. The number of guanidine groups is 1. The molecule has 2 unspecified atom stereocenters. The number of hydrogen-bond acceptors (Lipinski definition) is 4. The number of aliphatic imine (C=N–C) groups is 1. The minimum atomic E-state index is -0.0240. The van der Waals surface area contributed by atoms with Crippen LogP contribution in [0.4, 0.5) is 0 Å². The summed E-state index contributed by atoms with van der Waals surface area (Å²) in [5, 5.41) is 6.88. The zero-order valence-corrected chi connectivity index (χ0v) is 19.7. The number of benzene rings is 1. The molecule has 0 spiro atoms. The highest BCUT2D eigenvalue weighted by Gasteiger charge is 2.22. The Morgan fingerprint density at radius 3 is 2.79 bits per heavy atom. The van der Waals surface area contributed by atoms with Crippen LogP contribution in [0.5, 0.6) is 5.75 Å². The SMILES string of the molecule is CN(C)C(=O)CN=C(NCCC1CCCCO1)NC1CCOc2ccccc21.I. The first-order valence-corrected chi connectivity index (χ1v) is 10.2. The molecule has 2 heterocycles. The second-order valence-corrected chi connectivity index (χ2v) is 7.53. The number of nitrogens with one attached hydrogen (secondary N) is 2. The Balaban J connectivity index is 0.00000300. The molecule has 2 aliphatic heterocycles. The minimum Gasteiger partial charge on any atom is -0.493 e. The first kappa shape index (κ1) is 23.7. The van der Waals surface area contributed by atoms with Gasteiger partial charge in [0.15, 0.2) is 5.96 Å². The molecule has 1 aromatic rings. The summed E-state index contributed by atoms with van der Waals surface area (Å²) in [6.07, 6.45) is 5.62. The first-order chi connectivity index (χ1) is 13.6. The molecule has 0 bridgehead atoms. The van der Waals surface area contributed by atoms with Gasteiger partial charge >= 0.3 is 0 Å². The van der Waals surface area contributed by atoms with Crippen molar-refractivity contribution in [2.45, 2.75) is 44.2 Å². The number of rotatable bonds is 6. The van der Waals surface area contributed by atoms with Gasteiger partial charge < -0.3 is 25.0 Å². The Bertz CT molecular complexity index is 678. The summed E-state index contributed by atoms with van der Waals surface area (Å²) in [5.41, 5.74) is 1.12. The molecule has 1 fully saturated rings. The van der Waals surface area contributed by atoms with Crippen molar-refractivity contribution in [1.82, 2.24) is 15.5 Å². The second-order valence-electron chi connectivity index (χ2n) is 7.53. The minimum absolute atomic E-state index is 0. The molecule has 2 aliphatic rings. The third-order valence-corrected chi connectivity index (χ3v) is 5.17. The predicted molar refractivity (Wildman–Crippen MR) is 125 cm³/mol.